The highest BCUT2D eigenvalue weighted by Crippen LogP contribution is 2.11. The van der Waals surface area contributed by atoms with Gasteiger partial charge in [-0.2, -0.15) is 0 Å². The fraction of sp³-hybridized carbons (Fsp3) is 0.222. The molecule has 1 rings (SSSR count). The topological polar surface area (TPSA) is 61.4 Å². The number of rotatable bonds is 4. The van der Waals surface area contributed by atoms with Crippen LogP contribution in [0, 0.1) is 0 Å². The number of carboxylic acid groups (broad SMARTS) is 1. The Hall–Kier alpha value is -1.07. The van der Waals surface area contributed by atoms with Crippen molar-refractivity contribution in [3.05, 3.63) is 34.3 Å². The van der Waals surface area contributed by atoms with Crippen molar-refractivity contribution in [3.63, 3.8) is 0 Å². The van der Waals surface area contributed by atoms with Gasteiger partial charge in [0.15, 0.2) is 0 Å². The van der Waals surface area contributed by atoms with Crippen molar-refractivity contribution in [2.24, 2.45) is 0 Å². The van der Waals surface area contributed by atoms with Crippen molar-refractivity contribution < 1.29 is 9.90 Å². The second kappa shape index (κ2) is 5.62. The Balaban J connectivity index is 2.28. The van der Waals surface area contributed by atoms with E-state index in [-0.39, 0.29) is 0 Å². The zero-order chi connectivity index (χ0) is 10.4. The summed E-state index contributed by atoms with van der Waals surface area (Å²) in [5.74, 6) is 0. The Kier molecular flexibility index (Phi) is 4.42. The minimum absolute atomic E-state index is 0.572. The lowest BCUT2D eigenvalue weighted by Gasteiger charge is -2.04. The molecule has 3 N–H and O–H groups in total. The van der Waals surface area contributed by atoms with Gasteiger partial charge in [-0.3, -0.25) is 5.43 Å². The van der Waals surface area contributed by atoms with E-state index in [2.05, 4.69) is 26.8 Å². The number of amides is 1. The van der Waals surface area contributed by atoms with Crippen LogP contribution in [0.4, 0.5) is 4.79 Å². The molecule has 1 aromatic rings. The molecular weight excluding hydrogens is 248 g/mol. The number of hydrogen-bond acceptors (Lipinski definition) is 2. The molecule has 5 heteroatoms. The van der Waals surface area contributed by atoms with Crippen LogP contribution in [0.2, 0.25) is 0 Å². The summed E-state index contributed by atoms with van der Waals surface area (Å²) in [6, 6.07) is 7.89. The van der Waals surface area contributed by atoms with Crippen LogP contribution in [-0.4, -0.2) is 17.7 Å². The molecule has 0 spiro atoms. The van der Waals surface area contributed by atoms with E-state index in [0.29, 0.717) is 6.54 Å². The van der Waals surface area contributed by atoms with E-state index in [0.717, 1.165) is 16.5 Å². The van der Waals surface area contributed by atoms with Crippen LogP contribution in [-0.2, 0) is 6.42 Å². The molecule has 0 aliphatic rings. The van der Waals surface area contributed by atoms with Crippen LogP contribution in [0.15, 0.2) is 28.7 Å². The molecule has 0 atom stereocenters. The van der Waals surface area contributed by atoms with Crippen LogP contribution < -0.4 is 10.9 Å². The number of hydrogen-bond donors (Lipinski definition) is 3. The largest absolute Gasteiger partial charge is 0.464 e. The SMILES string of the molecule is O=C(O)NNCCc1cccc(Br)c1. The summed E-state index contributed by atoms with van der Waals surface area (Å²) in [5, 5.41) is 8.27. The first-order valence-electron chi connectivity index (χ1n) is 4.15. The first kappa shape index (κ1) is 11.0. The van der Waals surface area contributed by atoms with Gasteiger partial charge >= 0.3 is 6.09 Å². The average molecular weight is 259 g/mol. The minimum Gasteiger partial charge on any atom is -0.464 e. The predicted octanol–water partition coefficient (Wildman–Crippen LogP) is 1.76. The molecule has 0 unspecified atom stereocenters. The molecule has 0 aliphatic heterocycles. The van der Waals surface area contributed by atoms with Crippen molar-refractivity contribution in [2.75, 3.05) is 6.54 Å². The summed E-state index contributed by atoms with van der Waals surface area (Å²) in [4.78, 5) is 10.1. The molecule has 14 heavy (non-hydrogen) atoms. The molecular formula is C9H11BrN2O2. The molecule has 1 aromatic carbocycles. The van der Waals surface area contributed by atoms with Crippen LogP contribution in [0.3, 0.4) is 0 Å². The summed E-state index contributed by atoms with van der Waals surface area (Å²) in [5.41, 5.74) is 5.83. The standard InChI is InChI=1S/C9H11BrN2O2/c10-8-3-1-2-7(6-8)4-5-11-12-9(13)14/h1-3,6,11-12H,4-5H2,(H,13,14). The molecule has 0 fully saturated rings. The highest BCUT2D eigenvalue weighted by Gasteiger charge is 1.95. The number of hydrazine groups is 1. The molecule has 0 bridgehead atoms. The second-order valence-corrected chi connectivity index (χ2v) is 3.65. The van der Waals surface area contributed by atoms with E-state index in [1.807, 2.05) is 24.3 Å². The Labute approximate surface area is 90.4 Å². The lowest BCUT2D eigenvalue weighted by molar-refractivity contribution is 0.189. The Bertz CT molecular complexity index is 317. The lowest BCUT2D eigenvalue weighted by Crippen LogP contribution is -2.37. The minimum atomic E-state index is -1.07. The number of carbonyl (C=O) groups is 1. The average Bonchev–Trinajstić information content (AvgIpc) is 2.12. The Morgan fingerprint density at radius 2 is 2.29 bits per heavy atom. The van der Waals surface area contributed by atoms with Gasteiger partial charge in [0, 0.05) is 11.0 Å². The third-order valence-corrected chi connectivity index (χ3v) is 2.12. The third kappa shape index (κ3) is 4.25. The molecule has 0 radical (unpaired) electrons. The van der Waals surface area contributed by atoms with Crippen LogP contribution in [0.25, 0.3) is 0 Å². The van der Waals surface area contributed by atoms with Crippen LogP contribution in [0.5, 0.6) is 0 Å². The molecule has 0 saturated carbocycles. The van der Waals surface area contributed by atoms with Gasteiger partial charge in [0.25, 0.3) is 0 Å². The summed E-state index contributed by atoms with van der Waals surface area (Å²) in [6.07, 6.45) is -0.293. The fourth-order valence-corrected chi connectivity index (χ4v) is 1.48. The van der Waals surface area contributed by atoms with E-state index < -0.39 is 6.09 Å². The maximum absolute atomic E-state index is 10.1. The monoisotopic (exact) mass is 258 g/mol. The van der Waals surface area contributed by atoms with Gasteiger partial charge in [0.05, 0.1) is 0 Å². The number of halogens is 1. The van der Waals surface area contributed by atoms with E-state index in [4.69, 9.17) is 5.11 Å². The molecule has 1 amide bonds. The van der Waals surface area contributed by atoms with E-state index in [1.54, 1.807) is 0 Å². The second-order valence-electron chi connectivity index (χ2n) is 2.74. The quantitative estimate of drug-likeness (QED) is 0.570. The summed E-state index contributed by atoms with van der Waals surface area (Å²) >= 11 is 3.36. The molecule has 76 valence electrons. The molecule has 4 nitrogen and oxygen atoms in total. The summed E-state index contributed by atoms with van der Waals surface area (Å²) in [6.45, 7) is 0.572. The Morgan fingerprint density at radius 3 is 2.93 bits per heavy atom. The third-order valence-electron chi connectivity index (χ3n) is 1.62. The van der Waals surface area contributed by atoms with Crippen molar-refractivity contribution in [1.82, 2.24) is 10.9 Å². The zero-order valence-electron chi connectivity index (χ0n) is 7.46. The van der Waals surface area contributed by atoms with E-state index >= 15 is 0 Å². The number of benzene rings is 1. The van der Waals surface area contributed by atoms with Crippen molar-refractivity contribution >= 4 is 22.0 Å². The maximum Gasteiger partial charge on any atom is 0.419 e. The summed E-state index contributed by atoms with van der Waals surface area (Å²) < 4.78 is 1.03. The predicted molar refractivity (Wildman–Crippen MR) is 57.0 cm³/mol. The van der Waals surface area contributed by atoms with Crippen molar-refractivity contribution in [1.29, 1.82) is 0 Å². The van der Waals surface area contributed by atoms with Gasteiger partial charge in [-0.1, -0.05) is 28.1 Å². The van der Waals surface area contributed by atoms with Crippen LogP contribution >= 0.6 is 15.9 Å². The van der Waals surface area contributed by atoms with Crippen LogP contribution in [0.1, 0.15) is 5.56 Å². The van der Waals surface area contributed by atoms with Crippen molar-refractivity contribution in [3.8, 4) is 0 Å². The van der Waals surface area contributed by atoms with Gasteiger partial charge in [0.2, 0.25) is 0 Å². The fourth-order valence-electron chi connectivity index (χ4n) is 1.04. The van der Waals surface area contributed by atoms with Gasteiger partial charge in [-0.05, 0) is 24.1 Å². The smallest absolute Gasteiger partial charge is 0.419 e. The Morgan fingerprint density at radius 1 is 1.50 bits per heavy atom. The van der Waals surface area contributed by atoms with E-state index in [1.165, 1.54) is 0 Å². The highest BCUT2D eigenvalue weighted by atomic mass is 79.9. The summed E-state index contributed by atoms with van der Waals surface area (Å²) in [7, 11) is 0. The molecule has 0 aliphatic carbocycles. The molecule has 0 saturated heterocycles. The lowest BCUT2D eigenvalue weighted by atomic mass is 10.2. The highest BCUT2D eigenvalue weighted by molar-refractivity contribution is 9.10. The first-order valence-corrected chi connectivity index (χ1v) is 4.94. The maximum atomic E-state index is 10.1. The first-order chi connectivity index (χ1) is 6.68. The van der Waals surface area contributed by atoms with E-state index in [9.17, 15) is 4.79 Å². The zero-order valence-corrected chi connectivity index (χ0v) is 9.04. The van der Waals surface area contributed by atoms with Gasteiger partial charge in [-0.15, -0.1) is 0 Å². The molecule has 0 heterocycles. The van der Waals surface area contributed by atoms with Gasteiger partial charge in [0.1, 0.15) is 0 Å². The van der Waals surface area contributed by atoms with Gasteiger partial charge in [-0.25, -0.2) is 10.2 Å². The van der Waals surface area contributed by atoms with Crippen molar-refractivity contribution in [2.45, 2.75) is 6.42 Å². The number of nitrogens with one attached hydrogen (secondary N) is 2. The van der Waals surface area contributed by atoms with Gasteiger partial charge < -0.3 is 5.11 Å². The molecule has 0 aromatic heterocycles. The normalized spacial score (nSPS) is 9.79.